The lowest BCUT2D eigenvalue weighted by atomic mass is 9.95. The van der Waals surface area contributed by atoms with Crippen LogP contribution in [0.3, 0.4) is 0 Å². The van der Waals surface area contributed by atoms with Crippen LogP contribution < -0.4 is 14.4 Å². The number of hydrogen-bond donors (Lipinski definition) is 1. The van der Waals surface area contributed by atoms with Crippen LogP contribution in [0, 0.1) is 6.92 Å². The molecule has 0 radical (unpaired) electrons. The largest absolute Gasteiger partial charge is 0.495 e. The number of methoxy groups -OCH3 is 1. The Bertz CT molecular complexity index is 1270. The van der Waals surface area contributed by atoms with E-state index in [1.165, 1.54) is 12.0 Å². The minimum absolute atomic E-state index is 0.0392. The van der Waals surface area contributed by atoms with Gasteiger partial charge in [0, 0.05) is 12.6 Å². The van der Waals surface area contributed by atoms with Gasteiger partial charge in [0.25, 0.3) is 0 Å². The zero-order valence-corrected chi connectivity index (χ0v) is 24.5. The number of nitrogens with zero attached hydrogens (tertiary/aromatic N) is 2. The van der Waals surface area contributed by atoms with Gasteiger partial charge in [-0.3, -0.25) is 13.9 Å². The number of ether oxygens (including phenoxy) is 1. The number of carbonyl (C=O) groups is 2. The molecule has 0 saturated heterocycles. The summed E-state index contributed by atoms with van der Waals surface area (Å²) in [4.78, 5) is 28.4. The maximum Gasteiger partial charge on any atom is 0.244 e. The summed E-state index contributed by atoms with van der Waals surface area (Å²) in [6, 6.07) is 9.26. The van der Waals surface area contributed by atoms with Crippen molar-refractivity contribution in [2.24, 2.45) is 0 Å². The Kier molecular flexibility index (Phi) is 10.3. The molecule has 2 aromatic rings. The molecule has 1 atom stereocenters. The molecule has 1 unspecified atom stereocenters. The van der Waals surface area contributed by atoms with E-state index in [0.717, 1.165) is 48.2 Å². The molecule has 208 valence electrons. The number of halogens is 2. The predicted molar refractivity (Wildman–Crippen MR) is 151 cm³/mol. The van der Waals surface area contributed by atoms with Gasteiger partial charge in [-0.2, -0.15) is 0 Å². The summed E-state index contributed by atoms with van der Waals surface area (Å²) < 4.78 is 32.1. The van der Waals surface area contributed by atoms with E-state index < -0.39 is 28.5 Å². The van der Waals surface area contributed by atoms with Gasteiger partial charge in [-0.15, -0.1) is 0 Å². The molecular weight excluding hydrogens is 549 g/mol. The molecule has 2 aromatic carbocycles. The molecule has 38 heavy (non-hydrogen) atoms. The maximum atomic E-state index is 13.8. The highest BCUT2D eigenvalue weighted by molar-refractivity contribution is 7.92. The van der Waals surface area contributed by atoms with Crippen molar-refractivity contribution in [3.8, 4) is 5.75 Å². The number of aryl methyl sites for hydroxylation is 1. The smallest absolute Gasteiger partial charge is 0.244 e. The minimum atomic E-state index is -3.88. The molecule has 8 nitrogen and oxygen atoms in total. The van der Waals surface area contributed by atoms with Gasteiger partial charge in [0.2, 0.25) is 21.8 Å². The third kappa shape index (κ3) is 7.77. The minimum Gasteiger partial charge on any atom is -0.495 e. The van der Waals surface area contributed by atoms with Gasteiger partial charge in [0.15, 0.2) is 0 Å². The molecule has 1 fully saturated rings. The standard InChI is InChI=1S/C27H35Cl2N3O5S/c1-18-10-13-25(37-3)24(14-18)32(38(4,35)36)17-26(33)31(16-20-11-12-22(28)23(29)15-20)19(2)27(34)30-21-8-6-5-7-9-21/h10-15,19,21H,5-9,16-17H2,1-4H3,(H,30,34). The number of anilines is 1. The lowest BCUT2D eigenvalue weighted by Gasteiger charge is -2.33. The molecule has 0 heterocycles. The zero-order valence-electron chi connectivity index (χ0n) is 22.2. The SMILES string of the molecule is COc1ccc(C)cc1N(CC(=O)N(Cc1ccc(Cl)c(Cl)c1)C(C)C(=O)NC1CCCCC1)S(C)(=O)=O. The third-order valence-electron chi connectivity index (χ3n) is 6.74. The Labute approximate surface area is 235 Å². The molecule has 1 saturated carbocycles. The molecule has 2 amide bonds. The predicted octanol–water partition coefficient (Wildman–Crippen LogP) is 4.94. The molecular formula is C27H35Cl2N3O5S. The summed E-state index contributed by atoms with van der Waals surface area (Å²) in [5, 5.41) is 3.75. The average molecular weight is 585 g/mol. The van der Waals surface area contributed by atoms with E-state index in [4.69, 9.17) is 27.9 Å². The highest BCUT2D eigenvalue weighted by atomic mass is 35.5. The van der Waals surface area contributed by atoms with Crippen molar-refractivity contribution < 1.29 is 22.7 Å². The molecule has 0 spiro atoms. The van der Waals surface area contributed by atoms with E-state index in [2.05, 4.69) is 5.32 Å². The van der Waals surface area contributed by atoms with Crippen LogP contribution in [0.1, 0.15) is 50.2 Å². The van der Waals surface area contributed by atoms with Crippen LogP contribution in [0.15, 0.2) is 36.4 Å². The summed E-state index contributed by atoms with van der Waals surface area (Å²) in [6.07, 6.45) is 6.07. The van der Waals surface area contributed by atoms with Gasteiger partial charge < -0.3 is 15.0 Å². The average Bonchev–Trinajstić information content (AvgIpc) is 2.87. The molecule has 1 N–H and O–H groups in total. The first-order valence-corrected chi connectivity index (χ1v) is 15.2. The highest BCUT2D eigenvalue weighted by Crippen LogP contribution is 2.31. The summed E-state index contributed by atoms with van der Waals surface area (Å²) in [5.41, 5.74) is 1.70. The summed E-state index contributed by atoms with van der Waals surface area (Å²) >= 11 is 12.3. The van der Waals surface area contributed by atoms with E-state index in [1.54, 1.807) is 43.3 Å². The van der Waals surface area contributed by atoms with E-state index in [-0.39, 0.29) is 24.2 Å². The molecule has 0 aliphatic heterocycles. The van der Waals surface area contributed by atoms with E-state index in [0.29, 0.717) is 21.4 Å². The monoisotopic (exact) mass is 583 g/mol. The van der Waals surface area contributed by atoms with Crippen molar-refractivity contribution >= 4 is 50.7 Å². The first kappa shape index (κ1) is 30.1. The summed E-state index contributed by atoms with van der Waals surface area (Å²) in [7, 11) is -2.45. The molecule has 0 aromatic heterocycles. The normalized spacial score (nSPS) is 15.0. The Morgan fingerprint density at radius 1 is 1.08 bits per heavy atom. The molecule has 3 rings (SSSR count). The number of benzene rings is 2. The first-order chi connectivity index (χ1) is 17.9. The second-order valence-corrected chi connectivity index (χ2v) is 12.5. The Morgan fingerprint density at radius 2 is 1.76 bits per heavy atom. The Morgan fingerprint density at radius 3 is 2.37 bits per heavy atom. The van der Waals surface area contributed by atoms with Gasteiger partial charge in [-0.05, 0) is 62.1 Å². The highest BCUT2D eigenvalue weighted by Gasteiger charge is 2.32. The van der Waals surface area contributed by atoms with Crippen LogP contribution in [-0.4, -0.2) is 57.1 Å². The van der Waals surface area contributed by atoms with Crippen LogP contribution in [-0.2, 0) is 26.2 Å². The van der Waals surface area contributed by atoms with Crippen molar-refractivity contribution in [2.75, 3.05) is 24.2 Å². The summed E-state index contributed by atoms with van der Waals surface area (Å²) in [5.74, 6) is -0.520. The van der Waals surface area contributed by atoms with Gasteiger partial charge in [0.05, 0.1) is 29.1 Å². The number of amides is 2. The quantitative estimate of drug-likeness (QED) is 0.427. The first-order valence-electron chi connectivity index (χ1n) is 12.6. The fourth-order valence-electron chi connectivity index (χ4n) is 4.58. The van der Waals surface area contributed by atoms with Crippen molar-refractivity contribution in [1.82, 2.24) is 10.2 Å². The lowest BCUT2D eigenvalue weighted by Crippen LogP contribution is -2.53. The van der Waals surface area contributed by atoms with Crippen LogP contribution >= 0.6 is 23.2 Å². The second kappa shape index (κ2) is 13.0. The van der Waals surface area contributed by atoms with Crippen molar-refractivity contribution in [2.45, 2.75) is 64.6 Å². The topological polar surface area (TPSA) is 96.0 Å². The number of hydrogen-bond acceptors (Lipinski definition) is 5. The van der Waals surface area contributed by atoms with Crippen molar-refractivity contribution in [3.63, 3.8) is 0 Å². The van der Waals surface area contributed by atoms with Crippen LogP contribution in [0.2, 0.25) is 10.0 Å². The van der Waals surface area contributed by atoms with E-state index >= 15 is 0 Å². The van der Waals surface area contributed by atoms with Crippen LogP contribution in [0.4, 0.5) is 5.69 Å². The van der Waals surface area contributed by atoms with Gasteiger partial charge in [-0.25, -0.2) is 8.42 Å². The maximum absolute atomic E-state index is 13.8. The fraction of sp³-hybridized carbons (Fsp3) is 0.481. The van der Waals surface area contributed by atoms with Crippen LogP contribution in [0.5, 0.6) is 5.75 Å². The van der Waals surface area contributed by atoms with Gasteiger partial charge >= 0.3 is 0 Å². The number of nitrogens with one attached hydrogen (secondary N) is 1. The molecule has 1 aliphatic carbocycles. The Hall–Kier alpha value is -2.49. The second-order valence-electron chi connectivity index (χ2n) is 9.73. The summed E-state index contributed by atoms with van der Waals surface area (Å²) in [6.45, 7) is 2.99. The molecule has 11 heteroatoms. The number of rotatable bonds is 10. The number of carbonyl (C=O) groups excluding carboxylic acids is 2. The Balaban J connectivity index is 1.94. The van der Waals surface area contributed by atoms with E-state index in [9.17, 15) is 18.0 Å². The van der Waals surface area contributed by atoms with Crippen molar-refractivity contribution in [1.29, 1.82) is 0 Å². The molecule has 1 aliphatic rings. The van der Waals surface area contributed by atoms with Crippen LogP contribution in [0.25, 0.3) is 0 Å². The van der Waals surface area contributed by atoms with Crippen molar-refractivity contribution in [3.05, 3.63) is 57.6 Å². The number of sulfonamides is 1. The lowest BCUT2D eigenvalue weighted by molar-refractivity contribution is -0.139. The van der Waals surface area contributed by atoms with Gasteiger partial charge in [-0.1, -0.05) is 54.6 Å². The molecule has 0 bridgehead atoms. The van der Waals surface area contributed by atoms with E-state index in [1.807, 2.05) is 6.92 Å². The zero-order chi connectivity index (χ0) is 28.0. The third-order valence-corrected chi connectivity index (χ3v) is 8.60. The van der Waals surface area contributed by atoms with Gasteiger partial charge in [0.1, 0.15) is 18.3 Å². The fourth-order valence-corrected chi connectivity index (χ4v) is 5.74.